The van der Waals surface area contributed by atoms with E-state index in [4.69, 9.17) is 21.1 Å². The zero-order valence-corrected chi connectivity index (χ0v) is 15.9. The minimum Gasteiger partial charge on any atom is -0.473 e. The molecule has 1 saturated heterocycles. The highest BCUT2D eigenvalue weighted by Crippen LogP contribution is 2.28. The number of carbonyl (C=O) groups is 1. The van der Waals surface area contributed by atoms with Crippen molar-refractivity contribution in [1.82, 2.24) is 9.88 Å². The molecule has 27 heavy (non-hydrogen) atoms. The summed E-state index contributed by atoms with van der Waals surface area (Å²) >= 11 is 5.76. The maximum atomic E-state index is 13.9. The number of hydrogen-bond acceptors (Lipinski definition) is 5. The lowest BCUT2D eigenvalue weighted by molar-refractivity contribution is -0.142. The zero-order valence-electron chi connectivity index (χ0n) is 15.2. The topological polar surface area (TPSA) is 51.7 Å². The van der Waals surface area contributed by atoms with Crippen LogP contribution in [0.4, 0.5) is 4.39 Å². The summed E-state index contributed by atoms with van der Waals surface area (Å²) in [5.41, 5.74) is 1.39. The van der Waals surface area contributed by atoms with Gasteiger partial charge in [0.1, 0.15) is 12.4 Å². The number of halogens is 2. The molecule has 0 N–H and O–H groups in total. The molecule has 0 aliphatic carbocycles. The van der Waals surface area contributed by atoms with Gasteiger partial charge in [-0.3, -0.25) is 9.69 Å². The Morgan fingerprint density at radius 1 is 1.30 bits per heavy atom. The first-order valence-electron chi connectivity index (χ1n) is 8.88. The molecule has 0 saturated carbocycles. The van der Waals surface area contributed by atoms with Crippen LogP contribution in [0, 0.1) is 5.82 Å². The minimum absolute atomic E-state index is 0.0943. The zero-order chi connectivity index (χ0) is 19.2. The van der Waals surface area contributed by atoms with E-state index in [2.05, 4.69) is 9.88 Å². The summed E-state index contributed by atoms with van der Waals surface area (Å²) in [5.74, 6) is 0.182. The van der Waals surface area contributed by atoms with Gasteiger partial charge in [0.15, 0.2) is 0 Å². The van der Waals surface area contributed by atoms with Crippen LogP contribution in [-0.2, 0) is 16.1 Å². The van der Waals surface area contributed by atoms with E-state index < -0.39 is 5.82 Å². The fraction of sp³-hybridized carbons (Fsp3) is 0.400. The molecule has 7 heteroatoms. The van der Waals surface area contributed by atoms with Crippen molar-refractivity contribution >= 4 is 17.6 Å². The first kappa shape index (κ1) is 19.6. The Morgan fingerprint density at radius 3 is 2.78 bits per heavy atom. The molecule has 0 spiro atoms. The third-order valence-corrected chi connectivity index (χ3v) is 4.96. The van der Waals surface area contributed by atoms with Crippen LogP contribution in [0.5, 0.6) is 5.88 Å². The quantitative estimate of drug-likeness (QED) is 0.700. The first-order valence-corrected chi connectivity index (χ1v) is 9.26. The number of aromatic nitrogens is 1. The van der Waals surface area contributed by atoms with Gasteiger partial charge in [0.2, 0.25) is 5.88 Å². The molecule has 0 radical (unpaired) electrons. The maximum absolute atomic E-state index is 13.9. The van der Waals surface area contributed by atoms with Gasteiger partial charge >= 0.3 is 5.97 Å². The van der Waals surface area contributed by atoms with E-state index in [0.29, 0.717) is 28.9 Å². The number of esters is 1. The van der Waals surface area contributed by atoms with Crippen molar-refractivity contribution < 1.29 is 18.7 Å². The highest BCUT2D eigenvalue weighted by Gasteiger charge is 2.23. The predicted octanol–water partition coefficient (Wildman–Crippen LogP) is 3.81. The molecule has 0 amide bonds. The largest absolute Gasteiger partial charge is 0.473 e. The lowest BCUT2D eigenvalue weighted by atomic mass is 9.93. The Hall–Kier alpha value is -2.18. The van der Waals surface area contributed by atoms with E-state index in [1.165, 1.54) is 13.2 Å². The molecule has 144 valence electrons. The average molecular weight is 393 g/mol. The Bertz CT molecular complexity index is 795. The maximum Gasteiger partial charge on any atom is 0.319 e. The third-order valence-electron chi connectivity index (χ3n) is 4.72. The van der Waals surface area contributed by atoms with Gasteiger partial charge in [0.05, 0.1) is 13.7 Å². The number of methoxy groups -OCH3 is 1. The molecule has 1 fully saturated rings. The standard InChI is InChI=1S/C20H22ClFN2O3/c1-26-20(25)12-24-9-7-14(8-10-24)18-3-2-4-19(23-18)27-13-15-5-6-16(21)11-17(15)22/h2-6,11,14H,7-10,12-13H2,1H3. The van der Waals surface area contributed by atoms with Crippen LogP contribution in [0.15, 0.2) is 36.4 Å². The molecule has 3 rings (SSSR count). The number of rotatable bonds is 6. The van der Waals surface area contributed by atoms with Crippen molar-refractivity contribution in [2.75, 3.05) is 26.7 Å². The van der Waals surface area contributed by atoms with Crippen molar-refractivity contribution in [1.29, 1.82) is 0 Å². The number of hydrogen-bond donors (Lipinski definition) is 0. The van der Waals surface area contributed by atoms with Crippen molar-refractivity contribution in [2.24, 2.45) is 0 Å². The van der Waals surface area contributed by atoms with Crippen LogP contribution in [-0.4, -0.2) is 42.6 Å². The molecule has 0 atom stereocenters. The normalized spacial score (nSPS) is 15.5. The molecule has 5 nitrogen and oxygen atoms in total. The van der Waals surface area contributed by atoms with Gasteiger partial charge in [-0.25, -0.2) is 9.37 Å². The summed E-state index contributed by atoms with van der Waals surface area (Å²) in [4.78, 5) is 18.1. The van der Waals surface area contributed by atoms with Crippen LogP contribution < -0.4 is 4.74 Å². The smallest absolute Gasteiger partial charge is 0.319 e. The summed E-state index contributed by atoms with van der Waals surface area (Å²) in [6.07, 6.45) is 1.83. The number of pyridine rings is 1. The van der Waals surface area contributed by atoms with Gasteiger partial charge in [0.25, 0.3) is 0 Å². The molecule has 1 aliphatic rings. The minimum atomic E-state index is -0.392. The summed E-state index contributed by atoms with van der Waals surface area (Å²) in [6.45, 7) is 2.06. The third kappa shape index (κ3) is 5.40. The molecule has 0 unspecified atom stereocenters. The van der Waals surface area contributed by atoms with Gasteiger partial charge in [0, 0.05) is 28.3 Å². The van der Waals surface area contributed by atoms with Crippen molar-refractivity contribution in [3.05, 3.63) is 58.5 Å². The second kappa shape index (κ2) is 9.15. The van der Waals surface area contributed by atoms with Gasteiger partial charge in [-0.2, -0.15) is 0 Å². The van der Waals surface area contributed by atoms with Gasteiger partial charge in [-0.05, 0) is 44.1 Å². The van der Waals surface area contributed by atoms with Crippen LogP contribution in [0.25, 0.3) is 0 Å². The molecule has 0 bridgehead atoms. The Kier molecular flexibility index (Phi) is 6.63. The first-order chi connectivity index (χ1) is 13.0. The molecule has 1 aromatic carbocycles. The van der Waals surface area contributed by atoms with Gasteiger partial charge in [-0.1, -0.05) is 23.7 Å². The fourth-order valence-corrected chi connectivity index (χ4v) is 3.32. The van der Waals surface area contributed by atoms with Gasteiger partial charge < -0.3 is 9.47 Å². The summed E-state index contributed by atoms with van der Waals surface area (Å²) in [6, 6.07) is 10.2. The van der Waals surface area contributed by atoms with Crippen LogP contribution in [0.1, 0.15) is 30.0 Å². The van der Waals surface area contributed by atoms with E-state index in [1.54, 1.807) is 18.2 Å². The number of likely N-dealkylation sites (tertiary alicyclic amines) is 1. The lowest BCUT2D eigenvalue weighted by Crippen LogP contribution is -2.37. The van der Waals surface area contributed by atoms with Crippen LogP contribution in [0.2, 0.25) is 5.02 Å². The number of benzene rings is 1. The second-order valence-corrected chi connectivity index (χ2v) is 6.99. The van der Waals surface area contributed by atoms with Crippen molar-refractivity contribution in [3.8, 4) is 5.88 Å². The number of carbonyl (C=O) groups excluding carboxylic acids is 1. The average Bonchev–Trinajstić information content (AvgIpc) is 2.68. The summed E-state index contributed by atoms with van der Waals surface area (Å²) < 4.78 is 24.2. The predicted molar refractivity (Wildman–Crippen MR) is 100 cm³/mol. The summed E-state index contributed by atoms with van der Waals surface area (Å²) in [5, 5.41) is 0.356. The molecule has 1 aromatic heterocycles. The Morgan fingerprint density at radius 2 is 2.07 bits per heavy atom. The second-order valence-electron chi connectivity index (χ2n) is 6.55. The van der Waals surface area contributed by atoms with E-state index in [9.17, 15) is 9.18 Å². The highest BCUT2D eigenvalue weighted by atomic mass is 35.5. The van der Waals surface area contributed by atoms with E-state index in [1.807, 2.05) is 12.1 Å². The number of ether oxygens (including phenoxy) is 2. The van der Waals surface area contributed by atoms with Crippen LogP contribution in [0.3, 0.4) is 0 Å². The van der Waals surface area contributed by atoms with E-state index >= 15 is 0 Å². The number of piperidine rings is 1. The highest BCUT2D eigenvalue weighted by molar-refractivity contribution is 6.30. The lowest BCUT2D eigenvalue weighted by Gasteiger charge is -2.30. The SMILES string of the molecule is COC(=O)CN1CCC(c2cccc(OCc3ccc(Cl)cc3F)n2)CC1. The molecule has 1 aliphatic heterocycles. The molecular formula is C20H22ClFN2O3. The molecule has 2 aromatic rings. The van der Waals surface area contributed by atoms with Crippen LogP contribution >= 0.6 is 11.6 Å². The monoisotopic (exact) mass is 392 g/mol. The Labute approximate surface area is 163 Å². The molecule has 2 heterocycles. The fourth-order valence-electron chi connectivity index (χ4n) is 3.16. The van der Waals surface area contributed by atoms with E-state index in [0.717, 1.165) is 31.6 Å². The van der Waals surface area contributed by atoms with Crippen molar-refractivity contribution in [3.63, 3.8) is 0 Å². The van der Waals surface area contributed by atoms with Gasteiger partial charge in [-0.15, -0.1) is 0 Å². The van der Waals surface area contributed by atoms with Crippen molar-refractivity contribution in [2.45, 2.75) is 25.4 Å². The Balaban J connectivity index is 1.57. The summed E-state index contributed by atoms with van der Waals surface area (Å²) in [7, 11) is 1.40. The number of nitrogens with zero attached hydrogens (tertiary/aromatic N) is 2. The molecular weight excluding hydrogens is 371 g/mol. The van der Waals surface area contributed by atoms with E-state index in [-0.39, 0.29) is 12.6 Å².